The van der Waals surface area contributed by atoms with Gasteiger partial charge in [0.1, 0.15) is 18.4 Å². The summed E-state index contributed by atoms with van der Waals surface area (Å²) in [5.41, 5.74) is 0.613. The lowest BCUT2D eigenvalue weighted by Gasteiger charge is -2.32. The van der Waals surface area contributed by atoms with E-state index in [1.807, 2.05) is 0 Å². The standard InChI is InChI=1S/C21H27N3O9/c25-9-10-31-11-12-32-13-14-33-16-3-1-15(2-4-16)22-7-8-23(20(22)28)17-5-6-18(26)24(19(17)27)21(29)30/h1-4,17,25H,5-14H2,(H,29,30). The predicted molar refractivity (Wildman–Crippen MR) is 113 cm³/mol. The van der Waals surface area contributed by atoms with Crippen molar-refractivity contribution in [3.8, 4) is 5.75 Å². The molecule has 1 unspecified atom stereocenters. The quantitative estimate of drug-likeness (QED) is 0.353. The van der Waals surface area contributed by atoms with Crippen LogP contribution in [0.1, 0.15) is 12.8 Å². The first-order valence-electron chi connectivity index (χ1n) is 10.6. The van der Waals surface area contributed by atoms with Gasteiger partial charge in [0.25, 0.3) is 5.91 Å². The van der Waals surface area contributed by atoms with Crippen LogP contribution in [-0.4, -0.2) is 103 Å². The number of aliphatic hydroxyl groups is 1. The van der Waals surface area contributed by atoms with Gasteiger partial charge in [-0.2, -0.15) is 4.90 Å². The fourth-order valence-electron chi connectivity index (χ4n) is 3.67. The lowest BCUT2D eigenvalue weighted by Crippen LogP contribution is -2.56. The molecule has 33 heavy (non-hydrogen) atoms. The van der Waals surface area contributed by atoms with E-state index in [4.69, 9.17) is 24.4 Å². The number of benzene rings is 1. The summed E-state index contributed by atoms with van der Waals surface area (Å²) in [6, 6.07) is 5.47. The molecule has 1 atom stereocenters. The zero-order valence-corrected chi connectivity index (χ0v) is 18.1. The number of carbonyl (C=O) groups is 4. The van der Waals surface area contributed by atoms with Gasteiger partial charge in [0.15, 0.2) is 0 Å². The number of carbonyl (C=O) groups excluding carboxylic acids is 3. The molecule has 5 amide bonds. The lowest BCUT2D eigenvalue weighted by molar-refractivity contribution is -0.148. The molecular formula is C21H27N3O9. The molecule has 0 aliphatic carbocycles. The van der Waals surface area contributed by atoms with Crippen LogP contribution in [0.25, 0.3) is 0 Å². The van der Waals surface area contributed by atoms with Crippen LogP contribution in [0, 0.1) is 0 Å². The molecule has 1 aromatic rings. The normalized spacial score (nSPS) is 18.9. The molecule has 2 N–H and O–H groups in total. The number of piperidine rings is 1. The summed E-state index contributed by atoms with van der Waals surface area (Å²) in [6.07, 6.45) is -1.64. The summed E-state index contributed by atoms with van der Waals surface area (Å²) in [5, 5.41) is 17.7. The summed E-state index contributed by atoms with van der Waals surface area (Å²) in [7, 11) is 0. The molecule has 0 radical (unpaired) electrons. The third kappa shape index (κ3) is 5.97. The van der Waals surface area contributed by atoms with Gasteiger partial charge in [0, 0.05) is 25.2 Å². The fraction of sp³-hybridized carbons (Fsp3) is 0.524. The number of carboxylic acid groups (broad SMARTS) is 1. The van der Waals surface area contributed by atoms with Gasteiger partial charge in [0.05, 0.1) is 33.0 Å². The Morgan fingerprint density at radius 3 is 2.30 bits per heavy atom. The molecule has 3 rings (SSSR count). The average Bonchev–Trinajstić information content (AvgIpc) is 3.17. The van der Waals surface area contributed by atoms with Crippen molar-refractivity contribution in [2.45, 2.75) is 18.9 Å². The first-order chi connectivity index (χ1) is 15.9. The van der Waals surface area contributed by atoms with Gasteiger partial charge < -0.3 is 29.3 Å². The molecule has 0 spiro atoms. The van der Waals surface area contributed by atoms with E-state index < -0.39 is 30.0 Å². The SMILES string of the molecule is O=C(O)N1C(=O)CCC(N2CCN(c3ccc(OCCOCCOCCO)cc3)C2=O)C1=O. The highest BCUT2D eigenvalue weighted by molar-refractivity contribution is 6.12. The summed E-state index contributed by atoms with van der Waals surface area (Å²) in [4.78, 5) is 51.4. The Morgan fingerprint density at radius 2 is 1.64 bits per heavy atom. The van der Waals surface area contributed by atoms with Crippen LogP contribution in [0.5, 0.6) is 5.75 Å². The molecule has 0 aromatic heterocycles. The summed E-state index contributed by atoms with van der Waals surface area (Å²) >= 11 is 0. The van der Waals surface area contributed by atoms with Crippen molar-refractivity contribution in [1.29, 1.82) is 0 Å². The van der Waals surface area contributed by atoms with Crippen LogP contribution in [0.3, 0.4) is 0 Å². The number of anilines is 1. The number of ether oxygens (including phenoxy) is 3. The highest BCUT2D eigenvalue weighted by atomic mass is 16.5. The number of nitrogens with zero attached hydrogens (tertiary/aromatic N) is 3. The lowest BCUT2D eigenvalue weighted by atomic mass is 10.0. The Balaban J connectivity index is 1.49. The number of rotatable bonds is 11. The van der Waals surface area contributed by atoms with Crippen molar-refractivity contribution in [3.63, 3.8) is 0 Å². The zero-order valence-electron chi connectivity index (χ0n) is 18.1. The minimum atomic E-state index is -1.63. The third-order valence-corrected chi connectivity index (χ3v) is 5.25. The maximum absolute atomic E-state index is 12.9. The molecule has 12 heteroatoms. The Bertz CT molecular complexity index is 861. The number of imide groups is 3. The van der Waals surface area contributed by atoms with E-state index in [2.05, 4.69) is 0 Å². The molecule has 180 valence electrons. The van der Waals surface area contributed by atoms with Crippen molar-refractivity contribution in [2.24, 2.45) is 0 Å². The molecule has 1 aromatic carbocycles. The van der Waals surface area contributed by atoms with Crippen molar-refractivity contribution < 1.29 is 43.6 Å². The van der Waals surface area contributed by atoms with Gasteiger partial charge in [-0.1, -0.05) is 0 Å². The highest BCUT2D eigenvalue weighted by Gasteiger charge is 2.45. The molecule has 0 saturated carbocycles. The zero-order chi connectivity index (χ0) is 23.8. The van der Waals surface area contributed by atoms with Gasteiger partial charge in [-0.3, -0.25) is 14.5 Å². The Labute approximate surface area is 190 Å². The summed E-state index contributed by atoms with van der Waals surface area (Å²) in [6.45, 7) is 2.33. The van der Waals surface area contributed by atoms with Crippen molar-refractivity contribution in [1.82, 2.24) is 9.80 Å². The van der Waals surface area contributed by atoms with Crippen molar-refractivity contribution >= 4 is 29.6 Å². The van der Waals surface area contributed by atoms with Crippen molar-refractivity contribution in [2.75, 3.05) is 57.6 Å². The molecule has 0 bridgehead atoms. The topological polar surface area (TPSA) is 146 Å². The average molecular weight is 465 g/mol. The molecule has 12 nitrogen and oxygen atoms in total. The number of hydrogen-bond acceptors (Lipinski definition) is 8. The number of amides is 5. The predicted octanol–water partition coefficient (Wildman–Crippen LogP) is 0.528. The van der Waals surface area contributed by atoms with Crippen molar-refractivity contribution in [3.05, 3.63) is 24.3 Å². The van der Waals surface area contributed by atoms with E-state index in [-0.39, 0.29) is 37.5 Å². The summed E-state index contributed by atoms with van der Waals surface area (Å²) in [5.74, 6) is -1.07. The Morgan fingerprint density at radius 1 is 0.970 bits per heavy atom. The minimum Gasteiger partial charge on any atom is -0.491 e. The Kier molecular flexibility index (Phi) is 8.58. The molecular weight excluding hydrogens is 438 g/mol. The number of urea groups is 1. The van der Waals surface area contributed by atoms with Gasteiger partial charge in [-0.25, -0.2) is 9.59 Å². The van der Waals surface area contributed by atoms with E-state index in [1.54, 1.807) is 24.3 Å². The van der Waals surface area contributed by atoms with Crippen LogP contribution >= 0.6 is 0 Å². The van der Waals surface area contributed by atoms with E-state index >= 15 is 0 Å². The minimum absolute atomic E-state index is 0.0246. The second kappa shape index (κ2) is 11.6. The largest absolute Gasteiger partial charge is 0.491 e. The van der Waals surface area contributed by atoms with Crippen LogP contribution in [0.4, 0.5) is 15.3 Å². The van der Waals surface area contributed by atoms with Gasteiger partial charge >= 0.3 is 12.1 Å². The first kappa shape index (κ1) is 24.4. The third-order valence-electron chi connectivity index (χ3n) is 5.25. The summed E-state index contributed by atoms with van der Waals surface area (Å²) < 4.78 is 16.0. The molecule has 2 heterocycles. The number of aliphatic hydroxyl groups excluding tert-OH is 1. The molecule has 2 fully saturated rings. The Hall–Kier alpha value is -3.22. The molecule has 2 aliphatic heterocycles. The second-order valence-electron chi connectivity index (χ2n) is 7.32. The van der Waals surface area contributed by atoms with E-state index in [0.717, 1.165) is 0 Å². The monoisotopic (exact) mass is 465 g/mol. The van der Waals surface area contributed by atoms with Gasteiger partial charge in [-0.05, 0) is 30.7 Å². The van der Waals surface area contributed by atoms with Crippen LogP contribution in [-0.2, 0) is 19.1 Å². The molecule has 2 aliphatic rings. The smallest absolute Gasteiger partial charge is 0.421 e. The van der Waals surface area contributed by atoms with E-state index in [1.165, 1.54) is 9.80 Å². The van der Waals surface area contributed by atoms with Crippen LogP contribution < -0.4 is 9.64 Å². The first-order valence-corrected chi connectivity index (χ1v) is 10.6. The number of hydrogen-bond donors (Lipinski definition) is 2. The maximum atomic E-state index is 12.9. The van der Waals surface area contributed by atoms with Crippen LogP contribution in [0.2, 0.25) is 0 Å². The fourth-order valence-corrected chi connectivity index (χ4v) is 3.67. The van der Waals surface area contributed by atoms with E-state index in [9.17, 15) is 19.2 Å². The maximum Gasteiger partial charge on any atom is 0.421 e. The van der Waals surface area contributed by atoms with Gasteiger partial charge in [0.2, 0.25) is 5.91 Å². The second-order valence-corrected chi connectivity index (χ2v) is 7.32. The van der Waals surface area contributed by atoms with E-state index in [0.29, 0.717) is 44.4 Å². The van der Waals surface area contributed by atoms with Crippen LogP contribution in [0.15, 0.2) is 24.3 Å². The highest BCUT2D eigenvalue weighted by Crippen LogP contribution is 2.27. The molecule has 2 saturated heterocycles. The van der Waals surface area contributed by atoms with Gasteiger partial charge in [-0.15, -0.1) is 0 Å². The number of likely N-dealkylation sites (tertiary alicyclic amines) is 1.